The van der Waals surface area contributed by atoms with Gasteiger partial charge in [-0.3, -0.25) is 0 Å². The lowest BCUT2D eigenvalue weighted by molar-refractivity contribution is 0.373. The lowest BCUT2D eigenvalue weighted by Gasteiger charge is -2.05. The molecule has 0 aromatic heterocycles. The number of phenols is 1. The smallest absolute Gasteiger partial charge is 0.160 e. The molecule has 2 atom stereocenters. The lowest BCUT2D eigenvalue weighted by Crippen LogP contribution is -1.90. The van der Waals surface area contributed by atoms with Gasteiger partial charge in [-0.2, -0.15) is 0 Å². The number of phenolic OH excluding ortho intramolecular Hbond substituents is 1. The Bertz CT molecular complexity index is 460. The number of benzene rings is 1. The van der Waals surface area contributed by atoms with E-state index in [1.807, 2.05) is 0 Å². The summed E-state index contributed by atoms with van der Waals surface area (Å²) in [6.07, 6.45) is 9.77. The Labute approximate surface area is 109 Å². The van der Waals surface area contributed by atoms with Gasteiger partial charge in [0.15, 0.2) is 11.5 Å². The van der Waals surface area contributed by atoms with E-state index < -0.39 is 0 Å². The van der Waals surface area contributed by atoms with E-state index in [4.69, 9.17) is 9.84 Å². The molecule has 3 rings (SSSR count). The molecule has 1 aromatic rings. The highest BCUT2D eigenvalue weighted by atomic mass is 16.5. The summed E-state index contributed by atoms with van der Waals surface area (Å²) in [6.45, 7) is 2.16. The molecular weight excluding hydrogens is 224 g/mol. The van der Waals surface area contributed by atoms with E-state index in [0.717, 1.165) is 11.8 Å². The number of fused-ring (bicyclic) bond motifs is 2. The van der Waals surface area contributed by atoms with Crippen molar-refractivity contribution in [2.75, 3.05) is 7.11 Å². The van der Waals surface area contributed by atoms with Crippen molar-refractivity contribution < 1.29 is 9.84 Å². The molecule has 0 heterocycles. The number of aromatic hydroxyl groups is 1. The number of methoxy groups -OCH3 is 1. The van der Waals surface area contributed by atoms with Gasteiger partial charge >= 0.3 is 0 Å². The van der Waals surface area contributed by atoms with E-state index in [9.17, 15) is 0 Å². The second-order valence-electron chi connectivity index (χ2n) is 4.73. The van der Waals surface area contributed by atoms with Gasteiger partial charge < -0.3 is 9.84 Å². The molecule has 0 radical (unpaired) electrons. The molecule has 1 saturated carbocycles. The van der Waals surface area contributed by atoms with Crippen LogP contribution in [0.5, 0.6) is 11.5 Å². The first-order valence-corrected chi connectivity index (χ1v) is 6.40. The standard InChI is InChI=1S/C9H12.C7H8O2/c1-2-8-5-7-3-4-9(8)6-7;1-9-7-5-3-2-4-6(7)8/h2-4,7,9H,5-6H2,1H3;2-5,8H,1H3. The van der Waals surface area contributed by atoms with Crippen LogP contribution in [0.15, 0.2) is 48.1 Å². The van der Waals surface area contributed by atoms with E-state index >= 15 is 0 Å². The molecule has 1 N–H and O–H groups in total. The van der Waals surface area contributed by atoms with Crippen molar-refractivity contribution in [1.29, 1.82) is 0 Å². The quantitative estimate of drug-likeness (QED) is 0.758. The summed E-state index contributed by atoms with van der Waals surface area (Å²) in [5.41, 5.74) is 1.67. The Balaban J connectivity index is 0.000000134. The molecular formula is C16H20O2. The van der Waals surface area contributed by atoms with Crippen LogP contribution in [0.1, 0.15) is 19.8 Å². The Kier molecular flexibility index (Phi) is 4.08. The van der Waals surface area contributed by atoms with Gasteiger partial charge in [-0.25, -0.2) is 0 Å². The lowest BCUT2D eigenvalue weighted by atomic mass is 10.0. The van der Waals surface area contributed by atoms with Crippen molar-refractivity contribution in [2.24, 2.45) is 11.8 Å². The normalized spacial score (nSPS) is 26.0. The van der Waals surface area contributed by atoms with E-state index in [2.05, 4.69) is 25.2 Å². The average Bonchev–Trinajstić information content (AvgIpc) is 3.02. The van der Waals surface area contributed by atoms with Crippen LogP contribution >= 0.6 is 0 Å². The molecule has 0 amide bonds. The Hall–Kier alpha value is -1.70. The number of hydrogen-bond acceptors (Lipinski definition) is 2. The first kappa shape index (κ1) is 12.7. The highest BCUT2D eigenvalue weighted by Gasteiger charge is 2.29. The Morgan fingerprint density at radius 1 is 1.28 bits per heavy atom. The molecule has 18 heavy (non-hydrogen) atoms. The van der Waals surface area contributed by atoms with Gasteiger partial charge in [-0.1, -0.05) is 35.9 Å². The minimum atomic E-state index is 0.181. The summed E-state index contributed by atoms with van der Waals surface area (Å²) in [5.74, 6) is 2.43. The van der Waals surface area contributed by atoms with Crippen LogP contribution in [0, 0.1) is 11.8 Å². The molecule has 0 aliphatic heterocycles. The van der Waals surface area contributed by atoms with Crippen molar-refractivity contribution in [3.05, 3.63) is 48.1 Å². The highest BCUT2D eigenvalue weighted by molar-refractivity contribution is 5.37. The molecule has 0 spiro atoms. The predicted molar refractivity (Wildman–Crippen MR) is 73.8 cm³/mol. The fourth-order valence-electron chi connectivity index (χ4n) is 2.62. The third-order valence-corrected chi connectivity index (χ3v) is 3.60. The molecule has 2 aliphatic rings. The average molecular weight is 244 g/mol. The van der Waals surface area contributed by atoms with Crippen LogP contribution in [0.4, 0.5) is 0 Å². The zero-order valence-electron chi connectivity index (χ0n) is 11.0. The van der Waals surface area contributed by atoms with Crippen molar-refractivity contribution in [3.8, 4) is 11.5 Å². The molecule has 2 unspecified atom stereocenters. The van der Waals surface area contributed by atoms with Crippen LogP contribution in [0.3, 0.4) is 0 Å². The molecule has 2 bridgehead atoms. The van der Waals surface area contributed by atoms with Gasteiger partial charge in [0.2, 0.25) is 0 Å². The highest BCUT2D eigenvalue weighted by Crippen LogP contribution is 2.42. The largest absolute Gasteiger partial charge is 0.504 e. The molecule has 96 valence electrons. The summed E-state index contributed by atoms with van der Waals surface area (Å²) in [6, 6.07) is 6.84. The zero-order chi connectivity index (χ0) is 13.0. The first-order chi connectivity index (χ1) is 8.74. The third kappa shape index (κ3) is 2.76. The fourth-order valence-corrected chi connectivity index (χ4v) is 2.62. The topological polar surface area (TPSA) is 29.5 Å². The molecule has 2 heteroatoms. The van der Waals surface area contributed by atoms with Gasteiger partial charge in [0.1, 0.15) is 0 Å². The zero-order valence-corrected chi connectivity index (χ0v) is 11.0. The third-order valence-electron chi connectivity index (χ3n) is 3.60. The minimum absolute atomic E-state index is 0.181. The van der Waals surface area contributed by atoms with E-state index in [0.29, 0.717) is 5.75 Å². The predicted octanol–water partition coefficient (Wildman–Crippen LogP) is 3.93. The monoisotopic (exact) mass is 244 g/mol. The van der Waals surface area contributed by atoms with Crippen LogP contribution < -0.4 is 4.74 Å². The number of hydrogen-bond donors (Lipinski definition) is 1. The summed E-state index contributed by atoms with van der Waals surface area (Å²) in [7, 11) is 1.52. The Morgan fingerprint density at radius 2 is 2.06 bits per heavy atom. The van der Waals surface area contributed by atoms with Crippen molar-refractivity contribution in [1.82, 2.24) is 0 Å². The van der Waals surface area contributed by atoms with Crippen LogP contribution in [-0.2, 0) is 0 Å². The maximum absolute atomic E-state index is 8.99. The maximum atomic E-state index is 8.99. The van der Waals surface area contributed by atoms with E-state index in [1.165, 1.54) is 20.0 Å². The molecule has 1 aromatic carbocycles. The molecule has 0 saturated heterocycles. The van der Waals surface area contributed by atoms with Crippen molar-refractivity contribution in [3.63, 3.8) is 0 Å². The second-order valence-corrected chi connectivity index (χ2v) is 4.73. The molecule has 2 aliphatic carbocycles. The number of rotatable bonds is 1. The van der Waals surface area contributed by atoms with Gasteiger partial charge in [0.25, 0.3) is 0 Å². The summed E-state index contributed by atoms with van der Waals surface area (Å²) in [4.78, 5) is 0. The van der Waals surface area contributed by atoms with Gasteiger partial charge in [0.05, 0.1) is 7.11 Å². The van der Waals surface area contributed by atoms with Crippen molar-refractivity contribution in [2.45, 2.75) is 19.8 Å². The van der Waals surface area contributed by atoms with Gasteiger partial charge in [-0.15, -0.1) is 0 Å². The fraction of sp³-hybridized carbons (Fsp3) is 0.375. The van der Waals surface area contributed by atoms with Gasteiger partial charge in [-0.05, 0) is 43.7 Å². The Morgan fingerprint density at radius 3 is 2.44 bits per heavy atom. The van der Waals surface area contributed by atoms with E-state index in [1.54, 1.807) is 29.8 Å². The first-order valence-electron chi connectivity index (χ1n) is 6.40. The van der Waals surface area contributed by atoms with Crippen LogP contribution in [0.25, 0.3) is 0 Å². The summed E-state index contributed by atoms with van der Waals surface area (Å²) in [5, 5.41) is 8.99. The number of allylic oxidation sites excluding steroid dienone is 4. The van der Waals surface area contributed by atoms with Crippen LogP contribution in [-0.4, -0.2) is 12.2 Å². The maximum Gasteiger partial charge on any atom is 0.160 e. The van der Waals surface area contributed by atoms with Crippen LogP contribution in [0.2, 0.25) is 0 Å². The molecule has 2 nitrogen and oxygen atoms in total. The van der Waals surface area contributed by atoms with Gasteiger partial charge in [0, 0.05) is 0 Å². The summed E-state index contributed by atoms with van der Waals surface area (Å²) < 4.78 is 4.79. The number of ether oxygens (including phenoxy) is 1. The second kappa shape index (κ2) is 5.76. The SMILES string of the molecule is CC=C1CC2C=CC1C2.COc1ccccc1O. The minimum Gasteiger partial charge on any atom is -0.504 e. The van der Waals surface area contributed by atoms with E-state index in [-0.39, 0.29) is 5.75 Å². The van der Waals surface area contributed by atoms with Crippen molar-refractivity contribution >= 4 is 0 Å². The number of para-hydroxylation sites is 2. The summed E-state index contributed by atoms with van der Waals surface area (Å²) >= 11 is 0. The molecule has 1 fully saturated rings.